The average Bonchev–Trinajstić information content (AvgIpc) is 3.65. The molecule has 1 amide bonds. The van der Waals surface area contributed by atoms with Gasteiger partial charge in [0.05, 0.1) is 21.4 Å². The number of allylic oxidation sites excluding steroid dienone is 1. The van der Waals surface area contributed by atoms with Gasteiger partial charge in [-0.1, -0.05) is 59.9 Å². The number of fused-ring (bicyclic) bond motifs is 1. The first-order valence-electron chi connectivity index (χ1n) is 13.3. The molecule has 0 unspecified atom stereocenters. The number of thiazole rings is 1. The van der Waals surface area contributed by atoms with Gasteiger partial charge in [-0.05, 0) is 72.0 Å². The van der Waals surface area contributed by atoms with Crippen LogP contribution in [0.5, 0.6) is 5.75 Å². The standard InChI is InChI=1S/C33H25N3O5S2/c1-20-28(30(37)35-24-9-3-2-4-10-24)29(26-11-6-16-42-26)36-31(38)27(43-33(36)34-20)18-21-12-14-25(15-13-21)41-19-22-7-5-8-23(17-22)32(39)40/h2-18,29H,19H2,1H3,(H,35,37)(H,39,40)/b27-18-/t29-/m1/s1. The van der Waals surface area contributed by atoms with Crippen molar-refractivity contribution >= 4 is 46.3 Å². The second-order valence-corrected chi connectivity index (χ2v) is 11.8. The van der Waals surface area contributed by atoms with Crippen LogP contribution in [-0.2, 0) is 11.4 Å². The number of ether oxygens (including phenoxy) is 1. The maximum Gasteiger partial charge on any atom is 0.335 e. The Bertz CT molecular complexity index is 2030. The van der Waals surface area contributed by atoms with Crippen molar-refractivity contribution < 1.29 is 19.4 Å². The van der Waals surface area contributed by atoms with Crippen LogP contribution in [0.15, 0.2) is 117 Å². The SMILES string of the molecule is CC1=C(C(=O)Nc2ccccc2)[C@@H](c2cccs2)n2c(s/c(=C\c3ccc(OCc4cccc(C(=O)O)c4)cc3)c2=O)=N1. The summed E-state index contributed by atoms with van der Waals surface area (Å²) < 4.78 is 7.94. The third-order valence-corrected chi connectivity index (χ3v) is 8.78. The molecule has 0 saturated heterocycles. The van der Waals surface area contributed by atoms with Gasteiger partial charge in [-0.25, -0.2) is 9.79 Å². The Morgan fingerprint density at radius 2 is 1.81 bits per heavy atom. The Morgan fingerprint density at radius 1 is 1.02 bits per heavy atom. The smallest absolute Gasteiger partial charge is 0.335 e. The molecule has 1 atom stereocenters. The maximum atomic E-state index is 13.8. The molecule has 8 nitrogen and oxygen atoms in total. The van der Waals surface area contributed by atoms with Crippen LogP contribution in [0.2, 0.25) is 0 Å². The van der Waals surface area contributed by atoms with E-state index < -0.39 is 12.0 Å². The third-order valence-electron chi connectivity index (χ3n) is 6.87. The number of carboxylic acid groups (broad SMARTS) is 1. The quantitative estimate of drug-likeness (QED) is 0.252. The number of thiophene rings is 1. The van der Waals surface area contributed by atoms with Crippen LogP contribution in [0.3, 0.4) is 0 Å². The third kappa shape index (κ3) is 5.97. The predicted molar refractivity (Wildman–Crippen MR) is 167 cm³/mol. The van der Waals surface area contributed by atoms with Crippen molar-refractivity contribution in [3.8, 4) is 5.75 Å². The molecule has 0 saturated carbocycles. The van der Waals surface area contributed by atoms with Crippen LogP contribution >= 0.6 is 22.7 Å². The van der Waals surface area contributed by atoms with E-state index in [4.69, 9.17) is 4.74 Å². The summed E-state index contributed by atoms with van der Waals surface area (Å²) in [7, 11) is 0. The Labute approximate surface area is 254 Å². The van der Waals surface area contributed by atoms with E-state index in [2.05, 4.69) is 10.3 Å². The van der Waals surface area contributed by atoms with Crippen LogP contribution in [0, 0.1) is 0 Å². The molecule has 3 aromatic carbocycles. The van der Waals surface area contributed by atoms with E-state index in [1.165, 1.54) is 28.7 Å². The fourth-order valence-electron chi connectivity index (χ4n) is 4.82. The fraction of sp³-hybridized carbons (Fsp3) is 0.0909. The molecule has 2 N–H and O–H groups in total. The summed E-state index contributed by atoms with van der Waals surface area (Å²) in [6.45, 7) is 2.02. The molecule has 0 radical (unpaired) electrons. The number of hydrogen-bond acceptors (Lipinski definition) is 7. The number of carbonyl (C=O) groups is 2. The van der Waals surface area contributed by atoms with Gasteiger partial charge in [0, 0.05) is 10.6 Å². The van der Waals surface area contributed by atoms with E-state index in [1.807, 2.05) is 66.0 Å². The number of carbonyl (C=O) groups excluding carboxylic acids is 1. The summed E-state index contributed by atoms with van der Waals surface area (Å²) >= 11 is 2.77. The van der Waals surface area contributed by atoms with E-state index in [0.29, 0.717) is 32.0 Å². The van der Waals surface area contributed by atoms with Crippen molar-refractivity contribution in [2.45, 2.75) is 19.6 Å². The first-order chi connectivity index (χ1) is 20.9. The first kappa shape index (κ1) is 28.1. The minimum absolute atomic E-state index is 0.207. The van der Waals surface area contributed by atoms with Crippen molar-refractivity contribution in [1.29, 1.82) is 0 Å². The average molecular weight is 608 g/mol. The van der Waals surface area contributed by atoms with Crippen molar-refractivity contribution in [2.24, 2.45) is 4.99 Å². The number of hydrogen-bond donors (Lipinski definition) is 2. The normalized spacial score (nSPS) is 14.6. The number of anilines is 1. The number of para-hydroxylation sites is 1. The predicted octanol–water partition coefficient (Wildman–Crippen LogP) is 5.21. The summed E-state index contributed by atoms with van der Waals surface area (Å²) in [6, 6.07) is 26.4. The second-order valence-electron chi connectivity index (χ2n) is 9.78. The molecule has 3 heterocycles. The van der Waals surface area contributed by atoms with Gasteiger partial charge in [0.1, 0.15) is 18.4 Å². The van der Waals surface area contributed by atoms with Crippen molar-refractivity contribution in [3.05, 3.63) is 149 Å². The van der Waals surface area contributed by atoms with Gasteiger partial charge in [0.2, 0.25) is 0 Å². The largest absolute Gasteiger partial charge is 0.489 e. The summed E-state index contributed by atoms with van der Waals surface area (Å²) in [5, 5.41) is 14.1. The molecule has 6 rings (SSSR count). The molecule has 43 heavy (non-hydrogen) atoms. The molecule has 214 valence electrons. The molecule has 1 aliphatic rings. The number of aromatic nitrogens is 1. The van der Waals surface area contributed by atoms with E-state index in [-0.39, 0.29) is 23.6 Å². The number of nitrogens with one attached hydrogen (secondary N) is 1. The van der Waals surface area contributed by atoms with Crippen LogP contribution in [0.25, 0.3) is 6.08 Å². The topological polar surface area (TPSA) is 110 Å². The van der Waals surface area contributed by atoms with E-state index in [9.17, 15) is 19.5 Å². The van der Waals surface area contributed by atoms with Crippen molar-refractivity contribution in [3.63, 3.8) is 0 Å². The molecule has 0 bridgehead atoms. The van der Waals surface area contributed by atoms with Crippen molar-refractivity contribution in [2.75, 3.05) is 5.32 Å². The van der Waals surface area contributed by atoms with Crippen LogP contribution in [0.4, 0.5) is 5.69 Å². The molecule has 1 aliphatic heterocycles. The van der Waals surface area contributed by atoms with Crippen LogP contribution in [-0.4, -0.2) is 21.6 Å². The first-order valence-corrected chi connectivity index (χ1v) is 15.0. The number of carboxylic acids is 1. The Balaban J connectivity index is 1.28. The summed E-state index contributed by atoms with van der Waals surface area (Å²) in [5.74, 6) is -0.674. The summed E-state index contributed by atoms with van der Waals surface area (Å²) in [5.41, 5.74) is 3.19. The van der Waals surface area contributed by atoms with E-state index in [0.717, 1.165) is 16.0 Å². The minimum atomic E-state index is -0.986. The zero-order chi connectivity index (χ0) is 29.9. The van der Waals surface area contributed by atoms with Crippen LogP contribution in [0.1, 0.15) is 39.3 Å². The molecule has 0 fully saturated rings. The lowest BCUT2D eigenvalue weighted by molar-refractivity contribution is -0.113. The summed E-state index contributed by atoms with van der Waals surface area (Å²) in [4.78, 5) is 44.7. The van der Waals surface area contributed by atoms with Gasteiger partial charge in [0.25, 0.3) is 11.5 Å². The van der Waals surface area contributed by atoms with Gasteiger partial charge >= 0.3 is 5.97 Å². The second kappa shape index (κ2) is 12.0. The molecular weight excluding hydrogens is 583 g/mol. The Kier molecular flexibility index (Phi) is 7.86. The van der Waals surface area contributed by atoms with Crippen molar-refractivity contribution in [1.82, 2.24) is 4.57 Å². The Morgan fingerprint density at radius 3 is 2.53 bits per heavy atom. The number of amides is 1. The lowest BCUT2D eigenvalue weighted by atomic mass is 10.0. The lowest BCUT2D eigenvalue weighted by Crippen LogP contribution is -2.40. The molecular formula is C33H25N3O5S2. The van der Waals surface area contributed by atoms with Gasteiger partial charge in [-0.3, -0.25) is 14.2 Å². The Hall–Kier alpha value is -5.06. The highest BCUT2D eigenvalue weighted by Gasteiger charge is 2.33. The van der Waals surface area contributed by atoms with Gasteiger partial charge in [0.15, 0.2) is 4.80 Å². The van der Waals surface area contributed by atoms with Gasteiger partial charge in [-0.15, -0.1) is 11.3 Å². The molecule has 0 spiro atoms. The highest BCUT2D eigenvalue weighted by atomic mass is 32.1. The lowest BCUT2D eigenvalue weighted by Gasteiger charge is -2.24. The van der Waals surface area contributed by atoms with E-state index in [1.54, 1.807) is 41.8 Å². The summed E-state index contributed by atoms with van der Waals surface area (Å²) in [6.07, 6.45) is 1.80. The molecule has 0 aliphatic carbocycles. The van der Waals surface area contributed by atoms with Gasteiger partial charge < -0.3 is 15.2 Å². The minimum Gasteiger partial charge on any atom is -0.489 e. The molecule has 10 heteroatoms. The monoisotopic (exact) mass is 607 g/mol. The van der Waals surface area contributed by atoms with Gasteiger partial charge in [-0.2, -0.15) is 0 Å². The number of rotatable bonds is 8. The zero-order valence-electron chi connectivity index (χ0n) is 22.9. The van der Waals surface area contributed by atoms with Crippen LogP contribution < -0.4 is 24.9 Å². The fourth-order valence-corrected chi connectivity index (χ4v) is 6.69. The number of aromatic carboxylic acids is 1. The molecule has 2 aromatic heterocycles. The zero-order valence-corrected chi connectivity index (χ0v) is 24.5. The number of nitrogens with zero attached hydrogens (tertiary/aromatic N) is 2. The number of benzene rings is 3. The van der Waals surface area contributed by atoms with E-state index >= 15 is 0 Å². The highest BCUT2D eigenvalue weighted by molar-refractivity contribution is 7.10. The maximum absolute atomic E-state index is 13.8. The molecule has 5 aromatic rings. The highest BCUT2D eigenvalue weighted by Crippen LogP contribution is 2.33.